The van der Waals surface area contributed by atoms with Crippen LogP contribution in [0, 0.1) is 5.82 Å². The van der Waals surface area contributed by atoms with Gasteiger partial charge in [-0.2, -0.15) is 8.42 Å². The van der Waals surface area contributed by atoms with Crippen LogP contribution in [-0.4, -0.2) is 38.3 Å². The molecule has 2 amide bonds. The van der Waals surface area contributed by atoms with E-state index in [1.165, 1.54) is 0 Å². The van der Waals surface area contributed by atoms with Crippen molar-refractivity contribution in [3.63, 3.8) is 0 Å². The molecule has 0 aliphatic carbocycles. The number of nitrogens with zero attached hydrogens (tertiary/aromatic N) is 2. The Morgan fingerprint density at radius 2 is 2.00 bits per heavy atom. The predicted molar refractivity (Wildman–Crippen MR) is 123 cm³/mol. The molecule has 2 aromatic carbocycles. The maximum atomic E-state index is 15.9. The fourth-order valence-corrected chi connectivity index (χ4v) is 5.17. The number of hydrazine groups is 1. The van der Waals surface area contributed by atoms with Crippen LogP contribution in [0.3, 0.4) is 0 Å². The third-order valence-electron chi connectivity index (χ3n) is 5.75. The Labute approximate surface area is 198 Å². The van der Waals surface area contributed by atoms with E-state index in [0.717, 1.165) is 18.4 Å². The van der Waals surface area contributed by atoms with Gasteiger partial charge in [-0.3, -0.25) is 15.0 Å². The van der Waals surface area contributed by atoms with Crippen LogP contribution in [0.25, 0.3) is 0 Å². The average molecular weight is 491 g/mol. The summed E-state index contributed by atoms with van der Waals surface area (Å²) in [5.74, 6) is -1.64. The van der Waals surface area contributed by atoms with Crippen molar-refractivity contribution in [1.29, 1.82) is 0 Å². The van der Waals surface area contributed by atoms with E-state index in [0.29, 0.717) is 29.3 Å². The van der Waals surface area contributed by atoms with Crippen LogP contribution in [0.15, 0.2) is 36.4 Å². The highest BCUT2D eigenvalue weighted by molar-refractivity contribution is 7.92. The molecule has 182 valence electrons. The molecule has 2 aliphatic rings. The Hall–Kier alpha value is -3.18. The van der Waals surface area contributed by atoms with Crippen molar-refractivity contribution in [3.8, 4) is 5.75 Å². The average Bonchev–Trinajstić information content (AvgIpc) is 3.08. The van der Waals surface area contributed by atoms with Crippen molar-refractivity contribution in [2.24, 2.45) is 0 Å². The number of halogens is 1. The van der Waals surface area contributed by atoms with Crippen LogP contribution < -0.4 is 19.2 Å². The number of carbonyl (C=O) groups is 2. The van der Waals surface area contributed by atoms with E-state index < -0.39 is 28.5 Å². The zero-order valence-electron chi connectivity index (χ0n) is 18.8. The molecule has 4 rings (SSSR count). The molecule has 34 heavy (non-hydrogen) atoms. The zero-order valence-corrected chi connectivity index (χ0v) is 19.7. The van der Waals surface area contributed by atoms with Gasteiger partial charge >= 0.3 is 10.2 Å². The third kappa shape index (κ3) is 5.15. The fourth-order valence-electron chi connectivity index (χ4n) is 4.01. The first-order valence-corrected chi connectivity index (χ1v) is 12.6. The van der Waals surface area contributed by atoms with Crippen molar-refractivity contribution in [2.75, 3.05) is 17.4 Å². The van der Waals surface area contributed by atoms with Crippen LogP contribution in [0.5, 0.6) is 5.75 Å². The van der Waals surface area contributed by atoms with Crippen molar-refractivity contribution >= 4 is 27.7 Å². The number of nitrogens with one attached hydrogen (secondary N) is 2. The molecule has 0 unspecified atom stereocenters. The number of hydrogen-bond donors (Lipinski definition) is 2. The molecule has 9 nitrogen and oxygen atoms in total. The summed E-state index contributed by atoms with van der Waals surface area (Å²) >= 11 is 0. The minimum Gasteiger partial charge on any atom is -0.487 e. The molecule has 0 spiro atoms. The van der Waals surface area contributed by atoms with E-state index in [1.807, 2.05) is 42.0 Å². The lowest BCUT2D eigenvalue weighted by molar-refractivity contribution is -0.126. The summed E-state index contributed by atoms with van der Waals surface area (Å²) in [5.41, 5.74) is 4.23. The van der Waals surface area contributed by atoms with E-state index in [1.54, 1.807) is 11.1 Å². The lowest BCUT2D eigenvalue weighted by Gasteiger charge is -2.31. The Kier molecular flexibility index (Phi) is 7.03. The molecular formula is C23H27FN4O5S. The van der Waals surface area contributed by atoms with Crippen LogP contribution in [-0.2, 0) is 39.4 Å². The molecule has 2 aliphatic heterocycles. The molecule has 2 aromatic rings. The summed E-state index contributed by atoms with van der Waals surface area (Å²) in [4.78, 5) is 24.0. The number of amides is 2. The van der Waals surface area contributed by atoms with Crippen LogP contribution in [0.2, 0.25) is 0 Å². The predicted octanol–water partition coefficient (Wildman–Crippen LogP) is 2.17. The van der Waals surface area contributed by atoms with Gasteiger partial charge in [-0.15, -0.1) is 0 Å². The lowest BCUT2D eigenvalue weighted by atomic mass is 9.98. The Bertz CT molecular complexity index is 1190. The van der Waals surface area contributed by atoms with Gasteiger partial charge in [-0.05, 0) is 30.0 Å². The fraction of sp³-hybridized carbons (Fsp3) is 0.391. The standard InChI is InChI=1S/C23H27FN4O5S/c1-2-3-9-20(29)25-27-11-10-17-12-19(33-15-16-7-5-4-6-8-16)23(22(24)18(17)13-27)28-14-21(30)26-34(28,31)32/h4-8,12H,2-3,9-11,13-15H2,1H3,(H,25,29)(H,26,30). The maximum Gasteiger partial charge on any atom is 0.326 e. The van der Waals surface area contributed by atoms with E-state index in [9.17, 15) is 18.0 Å². The molecule has 2 N–H and O–H groups in total. The SMILES string of the molecule is CCCCC(=O)NN1CCc2cc(OCc3ccccc3)c(N3CC(=O)NS3(=O)=O)c(F)c2C1. The monoisotopic (exact) mass is 490 g/mol. The van der Waals surface area contributed by atoms with E-state index in [4.69, 9.17) is 4.74 Å². The summed E-state index contributed by atoms with van der Waals surface area (Å²) in [6.07, 6.45) is 2.45. The van der Waals surface area contributed by atoms with Crippen molar-refractivity contribution in [3.05, 3.63) is 58.9 Å². The number of unbranched alkanes of at least 4 members (excludes halogenated alkanes) is 1. The van der Waals surface area contributed by atoms with Gasteiger partial charge in [0.05, 0.1) is 0 Å². The van der Waals surface area contributed by atoms with Gasteiger partial charge in [0.2, 0.25) is 5.91 Å². The molecule has 0 radical (unpaired) electrons. The highest BCUT2D eigenvalue weighted by Gasteiger charge is 2.39. The van der Waals surface area contributed by atoms with Crippen molar-refractivity contribution in [1.82, 2.24) is 15.2 Å². The largest absolute Gasteiger partial charge is 0.487 e. The number of carbonyl (C=O) groups excluding carboxylic acids is 2. The first-order chi connectivity index (χ1) is 16.3. The number of ether oxygens (including phenoxy) is 1. The highest BCUT2D eigenvalue weighted by Crippen LogP contribution is 2.40. The summed E-state index contributed by atoms with van der Waals surface area (Å²) in [6.45, 7) is 2.09. The van der Waals surface area contributed by atoms with Crippen molar-refractivity contribution in [2.45, 2.75) is 45.8 Å². The molecular weight excluding hydrogens is 463 g/mol. The van der Waals surface area contributed by atoms with Gasteiger partial charge in [-0.1, -0.05) is 43.7 Å². The van der Waals surface area contributed by atoms with Crippen molar-refractivity contribution < 1.29 is 27.1 Å². The van der Waals surface area contributed by atoms with Crippen LogP contribution >= 0.6 is 0 Å². The van der Waals surface area contributed by atoms with E-state index in [-0.39, 0.29) is 36.1 Å². The summed E-state index contributed by atoms with van der Waals surface area (Å²) < 4.78 is 49.4. The lowest BCUT2D eigenvalue weighted by Crippen LogP contribution is -2.45. The topological polar surface area (TPSA) is 108 Å². The number of rotatable bonds is 8. The Balaban J connectivity index is 1.67. The minimum atomic E-state index is -4.26. The molecule has 11 heteroatoms. The Morgan fingerprint density at radius 1 is 1.24 bits per heavy atom. The second kappa shape index (κ2) is 9.98. The number of benzene rings is 2. The Morgan fingerprint density at radius 3 is 2.68 bits per heavy atom. The third-order valence-corrected chi connectivity index (χ3v) is 7.12. The quantitative estimate of drug-likeness (QED) is 0.587. The molecule has 0 saturated carbocycles. The normalized spacial score (nSPS) is 17.2. The number of anilines is 1. The van der Waals surface area contributed by atoms with E-state index in [2.05, 4.69) is 5.43 Å². The van der Waals surface area contributed by atoms with Gasteiger partial charge in [0, 0.05) is 25.1 Å². The van der Waals surface area contributed by atoms with E-state index >= 15 is 4.39 Å². The van der Waals surface area contributed by atoms with Gasteiger partial charge in [0.15, 0.2) is 5.82 Å². The number of hydrogen-bond acceptors (Lipinski definition) is 6. The second-order valence-corrected chi connectivity index (χ2v) is 9.89. The highest BCUT2D eigenvalue weighted by atomic mass is 32.2. The zero-order chi connectivity index (χ0) is 24.3. The van der Waals surface area contributed by atoms with Gasteiger partial charge in [-0.25, -0.2) is 18.4 Å². The first kappa shape index (κ1) is 24.0. The van der Waals surface area contributed by atoms with Gasteiger partial charge in [0.25, 0.3) is 5.91 Å². The first-order valence-electron chi connectivity index (χ1n) is 11.2. The maximum absolute atomic E-state index is 15.9. The molecule has 1 fully saturated rings. The number of fused-ring (bicyclic) bond motifs is 1. The minimum absolute atomic E-state index is 0.0422. The molecule has 0 atom stereocenters. The van der Waals surface area contributed by atoms with Gasteiger partial charge < -0.3 is 4.74 Å². The summed E-state index contributed by atoms with van der Waals surface area (Å²) in [5, 5.41) is 1.62. The summed E-state index contributed by atoms with van der Waals surface area (Å²) in [7, 11) is -4.26. The molecule has 1 saturated heterocycles. The van der Waals surface area contributed by atoms with Gasteiger partial charge in [0.1, 0.15) is 24.6 Å². The van der Waals surface area contributed by atoms with Crippen LogP contribution in [0.1, 0.15) is 42.9 Å². The molecule has 0 bridgehead atoms. The van der Waals surface area contributed by atoms with Crippen LogP contribution in [0.4, 0.5) is 10.1 Å². The molecule has 0 aromatic heterocycles. The second-order valence-electron chi connectivity index (χ2n) is 8.30. The molecule has 2 heterocycles. The summed E-state index contributed by atoms with van der Waals surface area (Å²) in [6, 6.07) is 10.8. The smallest absolute Gasteiger partial charge is 0.326 e.